The second-order valence-corrected chi connectivity index (χ2v) is 6.14. The van der Waals surface area contributed by atoms with E-state index in [-0.39, 0.29) is 16.5 Å². The van der Waals surface area contributed by atoms with Crippen molar-refractivity contribution in [3.8, 4) is 0 Å². The summed E-state index contributed by atoms with van der Waals surface area (Å²) < 4.78 is 10.6. The third-order valence-corrected chi connectivity index (χ3v) is 4.10. The molecule has 0 aromatic carbocycles. The number of nitrogens with zero attached hydrogens (tertiary/aromatic N) is 2. The molecule has 2 aromatic rings. The number of pyridine rings is 2. The Labute approximate surface area is 159 Å². The van der Waals surface area contributed by atoms with Gasteiger partial charge in [0.2, 0.25) is 0 Å². The lowest BCUT2D eigenvalue weighted by molar-refractivity contribution is -0.609. The summed E-state index contributed by atoms with van der Waals surface area (Å²) in [4.78, 5) is 25.6. The van der Waals surface area contributed by atoms with Crippen LogP contribution in [0.5, 0.6) is 0 Å². The molecule has 0 atom stereocenters. The topological polar surface area (TPSA) is 92.4 Å². The van der Waals surface area contributed by atoms with E-state index in [9.17, 15) is 14.8 Å². The van der Waals surface area contributed by atoms with E-state index in [4.69, 9.17) is 11.6 Å². The van der Waals surface area contributed by atoms with E-state index in [1.165, 1.54) is 32.5 Å². The highest BCUT2D eigenvalue weighted by molar-refractivity contribution is 9.10. The summed E-state index contributed by atoms with van der Waals surface area (Å²) >= 11 is 11.9. The first-order valence-corrected chi connectivity index (χ1v) is 8.14. The van der Waals surface area contributed by atoms with E-state index in [0.29, 0.717) is 13.7 Å². The fourth-order valence-corrected chi connectivity index (χ4v) is 2.05. The van der Waals surface area contributed by atoms with E-state index in [1.807, 2.05) is 0 Å². The number of hydrogen-bond donors (Lipinski definition) is 0. The summed E-state index contributed by atoms with van der Waals surface area (Å²) in [5, 5.41) is 11.3. The predicted molar refractivity (Wildman–Crippen MR) is 92.7 cm³/mol. The highest BCUT2D eigenvalue weighted by Crippen LogP contribution is 2.19. The molecule has 0 bridgehead atoms. The maximum Gasteiger partial charge on any atom is 0.404 e. The molecule has 0 saturated heterocycles. The number of methoxy groups -OCH3 is 2. The van der Waals surface area contributed by atoms with Gasteiger partial charge in [-0.15, -0.1) is 0 Å². The molecule has 128 valence electrons. The maximum atomic E-state index is 11.0. The number of ether oxygens (including phenoxy) is 2. The van der Waals surface area contributed by atoms with Crippen molar-refractivity contribution in [3.63, 3.8) is 0 Å². The van der Waals surface area contributed by atoms with E-state index in [1.54, 1.807) is 12.1 Å². The van der Waals surface area contributed by atoms with Gasteiger partial charge in [0.1, 0.15) is 10.8 Å². The number of hydrogen-bond acceptors (Lipinski definition) is 6. The summed E-state index contributed by atoms with van der Waals surface area (Å²) in [6, 6.07) is 6.16. The van der Waals surface area contributed by atoms with Gasteiger partial charge in [0.05, 0.1) is 23.2 Å². The van der Waals surface area contributed by atoms with Crippen molar-refractivity contribution in [2.24, 2.45) is 0 Å². The Morgan fingerprint density at radius 1 is 1.12 bits per heavy atom. The number of esters is 2. The van der Waals surface area contributed by atoms with Crippen LogP contribution in [0, 0.1) is 5.21 Å². The van der Waals surface area contributed by atoms with Crippen LogP contribution >= 0.6 is 43.5 Å². The molecule has 0 amide bonds. The first-order chi connectivity index (χ1) is 11.3. The summed E-state index contributed by atoms with van der Waals surface area (Å²) in [5.41, 5.74) is 0.173. The molecule has 0 aliphatic rings. The standard InChI is InChI=1S/C7H5BrClNO2.C7H6BrNO3/c1-12-7(11)5-3-2-4(8)6(9)10-5;1-12-7(10)6-3-2-5(8)4-9(6)11/h2-3H,1H3;2-4H,1H3. The number of rotatable bonds is 2. The van der Waals surface area contributed by atoms with E-state index >= 15 is 0 Å². The van der Waals surface area contributed by atoms with Crippen molar-refractivity contribution >= 4 is 55.4 Å². The second-order valence-electron chi connectivity index (χ2n) is 4.01. The van der Waals surface area contributed by atoms with E-state index < -0.39 is 11.9 Å². The van der Waals surface area contributed by atoms with E-state index in [2.05, 4.69) is 46.3 Å². The summed E-state index contributed by atoms with van der Waals surface area (Å²) in [5.74, 6) is -1.14. The van der Waals surface area contributed by atoms with Crippen LogP contribution < -0.4 is 4.73 Å². The molecule has 0 fully saturated rings. The zero-order chi connectivity index (χ0) is 18.3. The fraction of sp³-hybridized carbons (Fsp3) is 0.143. The number of halogens is 3. The van der Waals surface area contributed by atoms with Gasteiger partial charge in [-0.3, -0.25) is 0 Å². The average molecular weight is 483 g/mol. The average Bonchev–Trinajstić information content (AvgIpc) is 2.56. The zero-order valence-electron chi connectivity index (χ0n) is 12.5. The molecule has 2 rings (SSSR count). The first-order valence-electron chi connectivity index (χ1n) is 6.17. The number of carbonyl (C=O) groups is 2. The Hall–Kier alpha value is -1.71. The minimum Gasteiger partial charge on any atom is -0.618 e. The minimum absolute atomic E-state index is 0.0271. The van der Waals surface area contributed by atoms with Crippen LogP contribution in [0.2, 0.25) is 5.15 Å². The minimum atomic E-state index is -0.641. The Bertz CT molecular complexity index is 758. The smallest absolute Gasteiger partial charge is 0.404 e. The quantitative estimate of drug-likeness (QED) is 0.283. The van der Waals surface area contributed by atoms with Crippen molar-refractivity contribution in [1.82, 2.24) is 4.98 Å². The molecule has 0 saturated carbocycles. The van der Waals surface area contributed by atoms with Crippen molar-refractivity contribution in [3.05, 3.63) is 61.2 Å². The molecular formula is C14H11Br2ClN2O5. The molecule has 0 aliphatic heterocycles. The number of aromatic nitrogens is 2. The van der Waals surface area contributed by atoms with Crippen molar-refractivity contribution < 1.29 is 23.8 Å². The second kappa shape index (κ2) is 9.55. The van der Waals surface area contributed by atoms with Crippen molar-refractivity contribution in [1.29, 1.82) is 0 Å². The highest BCUT2D eigenvalue weighted by Gasteiger charge is 2.15. The zero-order valence-corrected chi connectivity index (χ0v) is 16.4. The lowest BCUT2D eigenvalue weighted by atomic mass is 10.3. The Morgan fingerprint density at radius 2 is 1.75 bits per heavy atom. The van der Waals surface area contributed by atoms with Crippen molar-refractivity contribution in [2.45, 2.75) is 0 Å². The van der Waals surface area contributed by atoms with Gasteiger partial charge in [0.15, 0.2) is 6.20 Å². The van der Waals surface area contributed by atoms with Crippen LogP contribution in [0.25, 0.3) is 0 Å². The van der Waals surface area contributed by atoms with Crippen molar-refractivity contribution in [2.75, 3.05) is 14.2 Å². The maximum absolute atomic E-state index is 11.0. The molecule has 7 nitrogen and oxygen atoms in total. The van der Waals surface area contributed by atoms with Gasteiger partial charge in [-0.2, -0.15) is 4.73 Å². The summed E-state index contributed by atoms with van der Waals surface area (Å²) in [6.07, 6.45) is 1.24. The summed E-state index contributed by atoms with van der Waals surface area (Å²) in [6.45, 7) is 0. The normalized spacial score (nSPS) is 9.54. The molecule has 10 heteroatoms. The third kappa shape index (κ3) is 5.73. The largest absolute Gasteiger partial charge is 0.618 e. The summed E-state index contributed by atoms with van der Waals surface area (Å²) in [7, 11) is 2.52. The van der Waals surface area contributed by atoms with Gasteiger partial charge >= 0.3 is 17.6 Å². The fourth-order valence-electron chi connectivity index (χ4n) is 1.35. The first kappa shape index (κ1) is 20.3. The molecular weight excluding hydrogens is 471 g/mol. The molecule has 0 unspecified atom stereocenters. The van der Waals surface area contributed by atoms with Gasteiger partial charge in [-0.05, 0) is 50.1 Å². The van der Waals surface area contributed by atoms with Crippen LogP contribution in [0.15, 0.2) is 39.4 Å². The Morgan fingerprint density at radius 3 is 2.25 bits per heavy atom. The molecule has 0 radical (unpaired) electrons. The van der Waals surface area contributed by atoms with Crippen LogP contribution in [-0.2, 0) is 9.47 Å². The molecule has 2 aromatic heterocycles. The molecule has 0 aliphatic carbocycles. The van der Waals surface area contributed by atoms with Crippen LogP contribution in [-0.4, -0.2) is 31.1 Å². The third-order valence-electron chi connectivity index (χ3n) is 2.47. The van der Waals surface area contributed by atoms with Gasteiger partial charge in [-0.25, -0.2) is 14.6 Å². The lowest BCUT2D eigenvalue weighted by Gasteiger charge is -2.01. The molecule has 0 spiro atoms. The molecule has 2 heterocycles. The SMILES string of the molecule is COC(=O)c1ccc(Br)c(Cl)n1.COC(=O)c1ccc(Br)c[n+]1[O-]. The lowest BCUT2D eigenvalue weighted by Crippen LogP contribution is -2.34. The monoisotopic (exact) mass is 480 g/mol. The van der Waals surface area contributed by atoms with E-state index in [0.717, 1.165) is 0 Å². The number of carbonyl (C=O) groups excluding carboxylic acids is 2. The van der Waals surface area contributed by atoms with Crippen LogP contribution in [0.1, 0.15) is 21.0 Å². The predicted octanol–water partition coefficient (Wildman–Crippen LogP) is 3.15. The highest BCUT2D eigenvalue weighted by atomic mass is 79.9. The van der Waals surface area contributed by atoms with Crippen LogP contribution in [0.4, 0.5) is 0 Å². The molecule has 24 heavy (non-hydrogen) atoms. The Kier molecular flexibility index (Phi) is 8.09. The van der Waals surface area contributed by atoms with Gasteiger partial charge in [-0.1, -0.05) is 11.6 Å². The Balaban J connectivity index is 0.000000240. The van der Waals surface area contributed by atoms with Crippen LogP contribution in [0.3, 0.4) is 0 Å². The molecule has 0 N–H and O–H groups in total. The van der Waals surface area contributed by atoms with Gasteiger partial charge < -0.3 is 14.7 Å². The van der Waals surface area contributed by atoms with Gasteiger partial charge in [0, 0.05) is 6.07 Å². The van der Waals surface area contributed by atoms with Gasteiger partial charge in [0.25, 0.3) is 0 Å².